The number of benzene rings is 1. The number of halogens is 3. The van der Waals surface area contributed by atoms with Gasteiger partial charge >= 0.3 is 5.97 Å². The molecule has 1 rings (SSSR count). The van der Waals surface area contributed by atoms with Crippen LogP contribution in [0.25, 0.3) is 0 Å². The van der Waals surface area contributed by atoms with E-state index in [4.69, 9.17) is 5.73 Å². The molecule has 0 bridgehead atoms. The van der Waals surface area contributed by atoms with Crippen LogP contribution in [0, 0.1) is 17.5 Å². The molecule has 94 valence electrons. The van der Waals surface area contributed by atoms with E-state index in [1.165, 1.54) is 0 Å². The van der Waals surface area contributed by atoms with E-state index in [-0.39, 0.29) is 18.6 Å². The van der Waals surface area contributed by atoms with E-state index >= 15 is 0 Å². The number of nitrogens with two attached hydrogens (primary N) is 1. The molecule has 1 aromatic rings. The number of esters is 1. The van der Waals surface area contributed by atoms with Crippen LogP contribution < -0.4 is 5.73 Å². The normalized spacial score (nSPS) is 12.3. The fourth-order valence-electron chi connectivity index (χ4n) is 1.31. The molecule has 0 amide bonds. The molecule has 0 fully saturated rings. The summed E-state index contributed by atoms with van der Waals surface area (Å²) in [6.45, 7) is 1.82. The van der Waals surface area contributed by atoms with Gasteiger partial charge in [-0.1, -0.05) is 0 Å². The molecule has 2 N–H and O–H groups in total. The summed E-state index contributed by atoms with van der Waals surface area (Å²) in [6, 6.07) is 0.601. The highest BCUT2D eigenvalue weighted by molar-refractivity contribution is 5.70. The van der Waals surface area contributed by atoms with E-state index in [0.717, 1.165) is 12.1 Å². The predicted molar refractivity (Wildman–Crippen MR) is 54.5 cm³/mol. The zero-order valence-corrected chi connectivity index (χ0v) is 9.17. The number of hydrogen-bond donors (Lipinski definition) is 1. The van der Waals surface area contributed by atoms with Crippen LogP contribution in [0.15, 0.2) is 12.1 Å². The van der Waals surface area contributed by atoms with Crippen LogP contribution in [-0.4, -0.2) is 12.6 Å². The van der Waals surface area contributed by atoms with Crippen molar-refractivity contribution in [2.75, 3.05) is 6.61 Å². The van der Waals surface area contributed by atoms with E-state index in [1.807, 2.05) is 0 Å². The molecule has 0 saturated carbocycles. The fraction of sp³-hybridized carbons (Fsp3) is 0.364. The Hall–Kier alpha value is -1.56. The largest absolute Gasteiger partial charge is 0.466 e. The summed E-state index contributed by atoms with van der Waals surface area (Å²) in [6.07, 6.45) is -0.224. The minimum Gasteiger partial charge on any atom is -0.466 e. The Morgan fingerprint density at radius 2 is 1.88 bits per heavy atom. The summed E-state index contributed by atoms with van der Waals surface area (Å²) in [5.74, 6) is -4.80. The summed E-state index contributed by atoms with van der Waals surface area (Å²) in [5.41, 5.74) is 5.57. The first-order valence-electron chi connectivity index (χ1n) is 5.01. The van der Waals surface area contributed by atoms with Crippen LogP contribution in [-0.2, 0) is 9.53 Å². The molecule has 1 atom stereocenters. The summed E-state index contributed by atoms with van der Waals surface area (Å²) >= 11 is 0. The Kier molecular flexibility index (Phi) is 4.51. The Morgan fingerprint density at radius 1 is 1.35 bits per heavy atom. The first kappa shape index (κ1) is 13.5. The number of hydrogen-bond acceptors (Lipinski definition) is 3. The summed E-state index contributed by atoms with van der Waals surface area (Å²) < 4.78 is 43.1. The topological polar surface area (TPSA) is 52.3 Å². The molecular weight excluding hydrogens is 235 g/mol. The Balaban J connectivity index is 2.82. The van der Waals surface area contributed by atoms with Gasteiger partial charge in [-0.2, -0.15) is 0 Å². The molecule has 0 spiro atoms. The van der Waals surface area contributed by atoms with Crippen molar-refractivity contribution < 1.29 is 22.7 Å². The molecule has 0 aliphatic rings. The third-order valence-electron chi connectivity index (χ3n) is 2.13. The van der Waals surface area contributed by atoms with Crippen molar-refractivity contribution in [1.29, 1.82) is 0 Å². The van der Waals surface area contributed by atoms with Gasteiger partial charge in [-0.3, -0.25) is 4.79 Å². The minimum absolute atomic E-state index is 0.00875. The second kappa shape index (κ2) is 5.67. The highest BCUT2D eigenvalue weighted by Crippen LogP contribution is 2.20. The lowest BCUT2D eigenvalue weighted by molar-refractivity contribution is -0.143. The van der Waals surface area contributed by atoms with Crippen molar-refractivity contribution in [2.45, 2.75) is 19.4 Å². The molecule has 6 heteroatoms. The van der Waals surface area contributed by atoms with Crippen LogP contribution in [0.3, 0.4) is 0 Å². The molecule has 3 nitrogen and oxygen atoms in total. The van der Waals surface area contributed by atoms with Gasteiger partial charge in [0.1, 0.15) is 0 Å². The molecule has 1 aromatic carbocycles. The number of carbonyl (C=O) groups excluding carboxylic acids is 1. The lowest BCUT2D eigenvalue weighted by atomic mass is 10.0. The van der Waals surface area contributed by atoms with Crippen molar-refractivity contribution in [2.24, 2.45) is 5.73 Å². The van der Waals surface area contributed by atoms with Gasteiger partial charge in [0.25, 0.3) is 0 Å². The van der Waals surface area contributed by atoms with Gasteiger partial charge in [-0.25, -0.2) is 13.2 Å². The van der Waals surface area contributed by atoms with Gasteiger partial charge in [0, 0.05) is 6.04 Å². The number of carbonyl (C=O) groups is 1. The third-order valence-corrected chi connectivity index (χ3v) is 2.13. The van der Waals surface area contributed by atoms with Crippen molar-refractivity contribution in [1.82, 2.24) is 0 Å². The van der Waals surface area contributed by atoms with Crippen molar-refractivity contribution >= 4 is 5.97 Å². The van der Waals surface area contributed by atoms with Crippen molar-refractivity contribution in [3.8, 4) is 0 Å². The standard InChI is InChI=1S/C11H12F3NO2/c1-2-17-10(16)5-9(15)6-3-7(12)11(14)8(13)4-6/h3-4,9H,2,5,15H2,1H3. The maximum atomic E-state index is 12.9. The van der Waals surface area contributed by atoms with Crippen LogP contribution in [0.5, 0.6) is 0 Å². The van der Waals surface area contributed by atoms with Crippen LogP contribution in [0.2, 0.25) is 0 Å². The predicted octanol–water partition coefficient (Wildman–Crippen LogP) is 2.06. The monoisotopic (exact) mass is 247 g/mol. The van der Waals surface area contributed by atoms with Gasteiger partial charge in [-0.05, 0) is 24.6 Å². The first-order chi connectivity index (χ1) is 7.95. The van der Waals surface area contributed by atoms with Gasteiger partial charge in [0.2, 0.25) is 0 Å². The summed E-state index contributed by atoms with van der Waals surface area (Å²) in [4.78, 5) is 11.1. The Morgan fingerprint density at radius 3 is 2.35 bits per heavy atom. The Bertz CT molecular complexity index is 400. The molecule has 0 heterocycles. The Labute approximate surface area is 96.4 Å². The van der Waals surface area contributed by atoms with Crippen molar-refractivity contribution in [3.63, 3.8) is 0 Å². The third kappa shape index (κ3) is 3.45. The first-order valence-corrected chi connectivity index (χ1v) is 5.01. The number of rotatable bonds is 4. The van der Waals surface area contributed by atoms with Crippen LogP contribution in [0.4, 0.5) is 13.2 Å². The van der Waals surface area contributed by atoms with E-state index in [9.17, 15) is 18.0 Å². The van der Waals surface area contributed by atoms with Crippen LogP contribution in [0.1, 0.15) is 24.9 Å². The van der Waals surface area contributed by atoms with E-state index in [2.05, 4.69) is 4.74 Å². The van der Waals surface area contributed by atoms with E-state index in [1.54, 1.807) is 6.92 Å². The second-order valence-electron chi connectivity index (χ2n) is 3.41. The van der Waals surface area contributed by atoms with Crippen molar-refractivity contribution in [3.05, 3.63) is 35.1 Å². The van der Waals surface area contributed by atoms with Gasteiger partial charge in [-0.15, -0.1) is 0 Å². The number of ether oxygens (including phenoxy) is 1. The highest BCUT2D eigenvalue weighted by atomic mass is 19.2. The molecule has 0 radical (unpaired) electrons. The maximum absolute atomic E-state index is 12.9. The minimum atomic E-state index is -1.56. The lowest BCUT2D eigenvalue weighted by Crippen LogP contribution is -2.18. The molecule has 0 aliphatic carbocycles. The van der Waals surface area contributed by atoms with Gasteiger partial charge < -0.3 is 10.5 Å². The maximum Gasteiger partial charge on any atom is 0.307 e. The highest BCUT2D eigenvalue weighted by Gasteiger charge is 2.17. The molecule has 0 aliphatic heterocycles. The second-order valence-corrected chi connectivity index (χ2v) is 3.41. The lowest BCUT2D eigenvalue weighted by Gasteiger charge is -2.11. The van der Waals surface area contributed by atoms with E-state index < -0.39 is 29.5 Å². The average molecular weight is 247 g/mol. The summed E-state index contributed by atoms with van der Waals surface area (Å²) in [7, 11) is 0. The average Bonchev–Trinajstić information content (AvgIpc) is 2.25. The zero-order chi connectivity index (χ0) is 13.0. The molecule has 1 unspecified atom stereocenters. The van der Waals surface area contributed by atoms with E-state index in [0.29, 0.717) is 0 Å². The van der Waals surface area contributed by atoms with Gasteiger partial charge in [0.15, 0.2) is 17.5 Å². The smallest absolute Gasteiger partial charge is 0.307 e. The van der Waals surface area contributed by atoms with Crippen LogP contribution >= 0.6 is 0 Å². The zero-order valence-electron chi connectivity index (χ0n) is 9.17. The quantitative estimate of drug-likeness (QED) is 0.654. The molecule has 17 heavy (non-hydrogen) atoms. The molecule has 0 aromatic heterocycles. The fourth-order valence-corrected chi connectivity index (χ4v) is 1.31. The SMILES string of the molecule is CCOC(=O)CC(N)c1cc(F)c(F)c(F)c1. The summed E-state index contributed by atoms with van der Waals surface area (Å²) in [5, 5.41) is 0. The molecule has 0 saturated heterocycles. The van der Waals surface area contributed by atoms with Gasteiger partial charge in [0.05, 0.1) is 13.0 Å². The molecular formula is C11H12F3NO2.